The molecule has 0 saturated carbocycles. The molecule has 0 aliphatic rings. The largest absolute Gasteiger partial charge is 0.393 e. The number of hydrogen-bond acceptors (Lipinski definition) is 1. The van der Waals surface area contributed by atoms with E-state index in [1.165, 1.54) is 19.3 Å². The predicted molar refractivity (Wildman–Crippen MR) is 58.7 cm³/mol. The standard InChI is InChI=1S/C12H24O/c1-4-7-8-9-10-12(13)11(5-2)6-3/h5,11-13H,2,4,6-10H2,1,3H3/t11-,12-/m1/s1. The molecule has 13 heavy (non-hydrogen) atoms. The molecule has 0 aliphatic carbocycles. The minimum absolute atomic E-state index is 0.167. The zero-order chi connectivity index (χ0) is 10.1. The van der Waals surface area contributed by atoms with Crippen LogP contribution in [0.5, 0.6) is 0 Å². The average molecular weight is 184 g/mol. The Morgan fingerprint density at radius 2 is 1.92 bits per heavy atom. The van der Waals surface area contributed by atoms with Crippen LogP contribution in [0.15, 0.2) is 12.7 Å². The predicted octanol–water partition coefficient (Wildman–Crippen LogP) is 3.53. The van der Waals surface area contributed by atoms with Gasteiger partial charge in [-0.1, -0.05) is 45.6 Å². The van der Waals surface area contributed by atoms with Gasteiger partial charge in [0.1, 0.15) is 0 Å². The fraction of sp³-hybridized carbons (Fsp3) is 0.833. The van der Waals surface area contributed by atoms with Crippen LogP contribution in [-0.2, 0) is 0 Å². The molecule has 0 heterocycles. The maximum Gasteiger partial charge on any atom is 0.0602 e. The first-order valence-corrected chi connectivity index (χ1v) is 5.56. The molecule has 2 atom stereocenters. The van der Waals surface area contributed by atoms with Crippen molar-refractivity contribution in [2.45, 2.75) is 58.5 Å². The summed E-state index contributed by atoms with van der Waals surface area (Å²) in [7, 11) is 0. The highest BCUT2D eigenvalue weighted by molar-refractivity contribution is 4.83. The Bertz CT molecular complexity index is 120. The molecule has 0 aliphatic heterocycles. The lowest BCUT2D eigenvalue weighted by Gasteiger charge is -2.17. The van der Waals surface area contributed by atoms with Crippen molar-refractivity contribution in [3.05, 3.63) is 12.7 Å². The topological polar surface area (TPSA) is 20.2 Å². The molecule has 0 spiro atoms. The van der Waals surface area contributed by atoms with E-state index in [0.29, 0.717) is 5.92 Å². The van der Waals surface area contributed by atoms with Gasteiger partial charge in [0.15, 0.2) is 0 Å². The highest BCUT2D eigenvalue weighted by Gasteiger charge is 2.12. The van der Waals surface area contributed by atoms with Crippen molar-refractivity contribution in [3.63, 3.8) is 0 Å². The minimum atomic E-state index is -0.167. The monoisotopic (exact) mass is 184 g/mol. The molecule has 0 radical (unpaired) electrons. The maximum atomic E-state index is 9.74. The zero-order valence-corrected chi connectivity index (χ0v) is 9.13. The Hall–Kier alpha value is -0.300. The summed E-state index contributed by atoms with van der Waals surface area (Å²) in [6, 6.07) is 0. The molecule has 1 N–H and O–H groups in total. The number of rotatable bonds is 8. The molecule has 0 rings (SSSR count). The van der Waals surface area contributed by atoms with Crippen molar-refractivity contribution < 1.29 is 5.11 Å². The molecule has 0 aromatic carbocycles. The summed E-state index contributed by atoms with van der Waals surface area (Å²) >= 11 is 0. The van der Waals surface area contributed by atoms with Gasteiger partial charge < -0.3 is 5.11 Å². The van der Waals surface area contributed by atoms with Crippen LogP contribution in [0.3, 0.4) is 0 Å². The minimum Gasteiger partial charge on any atom is -0.393 e. The lowest BCUT2D eigenvalue weighted by molar-refractivity contribution is 0.115. The van der Waals surface area contributed by atoms with E-state index in [4.69, 9.17) is 0 Å². The molecule has 0 fully saturated rings. The third-order valence-corrected chi connectivity index (χ3v) is 2.62. The van der Waals surface area contributed by atoms with Crippen molar-refractivity contribution in [1.29, 1.82) is 0 Å². The average Bonchev–Trinajstić information content (AvgIpc) is 2.14. The van der Waals surface area contributed by atoms with E-state index in [1.807, 2.05) is 6.08 Å². The van der Waals surface area contributed by atoms with Crippen molar-refractivity contribution in [2.24, 2.45) is 5.92 Å². The molecule has 1 nitrogen and oxygen atoms in total. The van der Waals surface area contributed by atoms with Crippen LogP contribution in [-0.4, -0.2) is 11.2 Å². The van der Waals surface area contributed by atoms with Gasteiger partial charge in [-0.2, -0.15) is 0 Å². The van der Waals surface area contributed by atoms with Crippen LogP contribution in [0.1, 0.15) is 52.4 Å². The third-order valence-electron chi connectivity index (χ3n) is 2.62. The van der Waals surface area contributed by atoms with Crippen LogP contribution < -0.4 is 0 Å². The highest BCUT2D eigenvalue weighted by atomic mass is 16.3. The van der Waals surface area contributed by atoms with Gasteiger partial charge in [-0.3, -0.25) is 0 Å². The first kappa shape index (κ1) is 12.7. The van der Waals surface area contributed by atoms with Crippen molar-refractivity contribution in [1.82, 2.24) is 0 Å². The summed E-state index contributed by atoms with van der Waals surface area (Å²) in [6.07, 6.45) is 8.60. The number of hydrogen-bond donors (Lipinski definition) is 1. The Kier molecular flexibility index (Phi) is 8.11. The Balaban J connectivity index is 3.47. The SMILES string of the molecule is C=C[C@H](CC)[C@H](O)CCCCCC. The lowest BCUT2D eigenvalue weighted by Crippen LogP contribution is -2.17. The highest BCUT2D eigenvalue weighted by Crippen LogP contribution is 2.16. The van der Waals surface area contributed by atoms with E-state index in [2.05, 4.69) is 20.4 Å². The van der Waals surface area contributed by atoms with E-state index in [0.717, 1.165) is 19.3 Å². The molecule has 0 bridgehead atoms. The molecule has 0 aromatic rings. The van der Waals surface area contributed by atoms with Crippen LogP contribution in [0.4, 0.5) is 0 Å². The number of aliphatic hydroxyl groups excluding tert-OH is 1. The molecular formula is C12H24O. The van der Waals surface area contributed by atoms with E-state index in [-0.39, 0.29) is 6.10 Å². The Morgan fingerprint density at radius 3 is 2.38 bits per heavy atom. The fourth-order valence-corrected chi connectivity index (χ4v) is 1.59. The van der Waals surface area contributed by atoms with Gasteiger partial charge in [-0.15, -0.1) is 6.58 Å². The summed E-state index contributed by atoms with van der Waals surface area (Å²) in [4.78, 5) is 0. The Morgan fingerprint density at radius 1 is 1.23 bits per heavy atom. The van der Waals surface area contributed by atoms with E-state index in [9.17, 15) is 5.11 Å². The normalized spacial score (nSPS) is 15.3. The second kappa shape index (κ2) is 8.31. The summed E-state index contributed by atoms with van der Waals surface area (Å²) in [6.45, 7) is 8.04. The molecule has 0 aromatic heterocycles. The van der Waals surface area contributed by atoms with Crippen molar-refractivity contribution >= 4 is 0 Å². The second-order valence-corrected chi connectivity index (χ2v) is 3.72. The zero-order valence-electron chi connectivity index (χ0n) is 9.13. The van der Waals surface area contributed by atoms with Crippen LogP contribution in [0.25, 0.3) is 0 Å². The Labute approximate surface area is 82.9 Å². The lowest BCUT2D eigenvalue weighted by atomic mass is 9.95. The summed E-state index contributed by atoms with van der Waals surface area (Å²) < 4.78 is 0. The van der Waals surface area contributed by atoms with E-state index in [1.54, 1.807) is 0 Å². The van der Waals surface area contributed by atoms with Crippen molar-refractivity contribution in [3.8, 4) is 0 Å². The molecule has 0 amide bonds. The number of aliphatic hydroxyl groups is 1. The first-order chi connectivity index (χ1) is 6.26. The fourth-order valence-electron chi connectivity index (χ4n) is 1.59. The van der Waals surface area contributed by atoms with Crippen LogP contribution >= 0.6 is 0 Å². The van der Waals surface area contributed by atoms with Gasteiger partial charge in [0.05, 0.1) is 6.10 Å². The van der Waals surface area contributed by atoms with Gasteiger partial charge in [-0.05, 0) is 12.8 Å². The van der Waals surface area contributed by atoms with Crippen LogP contribution in [0, 0.1) is 5.92 Å². The molecule has 1 heteroatoms. The smallest absolute Gasteiger partial charge is 0.0602 e. The van der Waals surface area contributed by atoms with Gasteiger partial charge in [0.25, 0.3) is 0 Å². The summed E-state index contributed by atoms with van der Waals surface area (Å²) in [5.74, 6) is 0.293. The van der Waals surface area contributed by atoms with Gasteiger partial charge >= 0.3 is 0 Å². The third kappa shape index (κ3) is 5.87. The summed E-state index contributed by atoms with van der Waals surface area (Å²) in [5.41, 5.74) is 0. The molecular weight excluding hydrogens is 160 g/mol. The maximum absolute atomic E-state index is 9.74. The second-order valence-electron chi connectivity index (χ2n) is 3.72. The van der Waals surface area contributed by atoms with Gasteiger partial charge in [-0.25, -0.2) is 0 Å². The van der Waals surface area contributed by atoms with Gasteiger partial charge in [0.2, 0.25) is 0 Å². The van der Waals surface area contributed by atoms with E-state index < -0.39 is 0 Å². The van der Waals surface area contributed by atoms with Gasteiger partial charge in [0, 0.05) is 5.92 Å². The van der Waals surface area contributed by atoms with Crippen LogP contribution in [0.2, 0.25) is 0 Å². The summed E-state index contributed by atoms with van der Waals surface area (Å²) in [5, 5.41) is 9.74. The quantitative estimate of drug-likeness (QED) is 0.452. The molecule has 78 valence electrons. The van der Waals surface area contributed by atoms with E-state index >= 15 is 0 Å². The number of unbranched alkanes of at least 4 members (excludes halogenated alkanes) is 3. The molecule has 0 unspecified atom stereocenters. The van der Waals surface area contributed by atoms with Crippen molar-refractivity contribution in [2.75, 3.05) is 0 Å². The molecule has 0 saturated heterocycles. The first-order valence-electron chi connectivity index (χ1n) is 5.56.